The number of aliphatic hydroxyl groups excluding tert-OH is 1. The highest BCUT2D eigenvalue weighted by atomic mass is 16.5. The lowest BCUT2D eigenvalue weighted by Gasteiger charge is -1.96. The highest BCUT2D eigenvalue weighted by Gasteiger charge is 1.93. The first-order valence-corrected chi connectivity index (χ1v) is 2.59. The molecule has 0 rings (SSSR count). The smallest absolute Gasteiger partial charge is 0.348 e. The highest BCUT2D eigenvalue weighted by molar-refractivity contribution is 6.21. The Morgan fingerprint density at radius 3 is 2.89 bits per heavy atom. The van der Waals surface area contributed by atoms with E-state index in [0.29, 0.717) is 12.6 Å². The Morgan fingerprint density at radius 2 is 2.44 bits per heavy atom. The lowest BCUT2D eigenvalue weighted by Crippen LogP contribution is -2.06. The molecular weight excluding hydrogens is 122 g/mol. The predicted molar refractivity (Wildman–Crippen MR) is 31.4 cm³/mol. The number of aliphatic hydroxyl groups is 1. The first-order valence-electron chi connectivity index (χ1n) is 2.59. The van der Waals surface area contributed by atoms with Crippen molar-refractivity contribution < 1.29 is 14.6 Å². The maximum Gasteiger partial charge on any atom is 0.348 e. The fourth-order valence-electron chi connectivity index (χ4n) is 0.279. The molecule has 9 heavy (non-hydrogen) atoms. The van der Waals surface area contributed by atoms with E-state index in [1.165, 1.54) is 0 Å². The summed E-state index contributed by atoms with van der Waals surface area (Å²) < 4.78 is 4.39. The monoisotopic (exact) mass is 131 g/mol. The largest absolute Gasteiger partial charge is 0.461 e. The predicted octanol–water partition coefficient (Wildman–Crippen LogP) is -0.438. The van der Waals surface area contributed by atoms with Gasteiger partial charge in [-0.2, -0.15) is 0 Å². The fourth-order valence-corrected chi connectivity index (χ4v) is 0.279. The second-order valence-corrected chi connectivity index (χ2v) is 1.39. The number of hydrogen-bond acceptors (Lipinski definition) is 4. The van der Waals surface area contributed by atoms with E-state index < -0.39 is 5.97 Å². The third-order valence-corrected chi connectivity index (χ3v) is 0.665. The van der Waals surface area contributed by atoms with Crippen LogP contribution in [-0.4, -0.2) is 30.5 Å². The number of hydrogen-bond donors (Lipinski definition) is 2. The van der Waals surface area contributed by atoms with Crippen LogP contribution in [0.15, 0.2) is 0 Å². The van der Waals surface area contributed by atoms with Crippen molar-refractivity contribution in [1.82, 2.24) is 0 Å². The van der Waals surface area contributed by atoms with E-state index in [9.17, 15) is 4.79 Å². The molecule has 0 heterocycles. The molecule has 2 N–H and O–H groups in total. The average molecular weight is 131 g/mol. The molecule has 0 saturated heterocycles. The molecule has 52 valence electrons. The van der Waals surface area contributed by atoms with E-state index in [1.807, 2.05) is 0 Å². The summed E-state index contributed by atoms with van der Waals surface area (Å²) in [5.74, 6) is -0.663. The zero-order valence-electron chi connectivity index (χ0n) is 4.96. The summed E-state index contributed by atoms with van der Waals surface area (Å²) in [5.41, 5.74) is 0. The average Bonchev–Trinajstić information content (AvgIpc) is 1.89. The maximum atomic E-state index is 10.1. The summed E-state index contributed by atoms with van der Waals surface area (Å²) in [4.78, 5) is 10.1. The third-order valence-electron chi connectivity index (χ3n) is 0.665. The van der Waals surface area contributed by atoms with Gasteiger partial charge in [0.2, 0.25) is 0 Å². The lowest BCUT2D eigenvalue weighted by atomic mass is 10.5. The van der Waals surface area contributed by atoms with Gasteiger partial charge in [-0.05, 0) is 0 Å². The number of carbonyl (C=O) groups excluding carboxylic acids is 1. The molecule has 0 bridgehead atoms. The van der Waals surface area contributed by atoms with E-state index in [-0.39, 0.29) is 13.2 Å². The van der Waals surface area contributed by atoms with Crippen molar-refractivity contribution in [2.24, 2.45) is 0 Å². The summed E-state index contributed by atoms with van der Waals surface area (Å²) in [7, 11) is 0. The van der Waals surface area contributed by atoms with Gasteiger partial charge in [0.05, 0.1) is 6.61 Å². The number of carbonyl (C=O) groups is 1. The summed E-state index contributed by atoms with van der Waals surface area (Å²) in [6, 6.07) is 0. The van der Waals surface area contributed by atoms with Crippen LogP contribution in [0.5, 0.6) is 0 Å². The number of esters is 1. The molecule has 0 aliphatic heterocycles. The van der Waals surface area contributed by atoms with Gasteiger partial charge in [-0.3, -0.25) is 0 Å². The minimum atomic E-state index is -0.663. The molecule has 0 unspecified atom stereocenters. The molecule has 0 radical (unpaired) electrons. The van der Waals surface area contributed by atoms with E-state index in [2.05, 4.69) is 4.74 Å². The first kappa shape index (κ1) is 8.10. The standard InChI is InChI=1S/C5H9NO3/c6-4-5(8)9-3-1-2-7/h4,6-7H,1-3H2. The van der Waals surface area contributed by atoms with E-state index in [1.54, 1.807) is 0 Å². The molecule has 0 aromatic carbocycles. The van der Waals surface area contributed by atoms with Gasteiger partial charge in [0, 0.05) is 13.0 Å². The van der Waals surface area contributed by atoms with E-state index in [4.69, 9.17) is 10.5 Å². The molecule has 0 aliphatic carbocycles. The van der Waals surface area contributed by atoms with Gasteiger partial charge in [-0.25, -0.2) is 4.79 Å². The molecule has 0 aromatic heterocycles. The molecule has 0 saturated carbocycles. The van der Waals surface area contributed by atoms with Gasteiger partial charge in [-0.15, -0.1) is 0 Å². The Hall–Kier alpha value is -0.900. The second-order valence-electron chi connectivity index (χ2n) is 1.39. The Labute approximate surface area is 53.0 Å². The highest BCUT2D eigenvalue weighted by Crippen LogP contribution is 1.79. The van der Waals surface area contributed by atoms with Gasteiger partial charge in [0.25, 0.3) is 0 Å². The van der Waals surface area contributed by atoms with Crippen LogP contribution < -0.4 is 0 Å². The number of ether oxygens (including phenoxy) is 1. The molecule has 0 aliphatic rings. The van der Waals surface area contributed by atoms with Crippen LogP contribution in [-0.2, 0) is 9.53 Å². The van der Waals surface area contributed by atoms with Crippen molar-refractivity contribution >= 4 is 12.2 Å². The molecule has 4 heteroatoms. The van der Waals surface area contributed by atoms with Gasteiger partial charge >= 0.3 is 5.97 Å². The summed E-state index contributed by atoms with van der Waals surface area (Å²) >= 11 is 0. The molecule has 4 nitrogen and oxygen atoms in total. The number of nitrogens with one attached hydrogen (secondary N) is 1. The third kappa shape index (κ3) is 4.96. The Balaban J connectivity index is 3.07. The maximum absolute atomic E-state index is 10.1. The molecule has 0 amide bonds. The molecular formula is C5H9NO3. The molecule has 0 fully saturated rings. The quantitative estimate of drug-likeness (QED) is 0.309. The van der Waals surface area contributed by atoms with E-state index in [0.717, 1.165) is 0 Å². The Bertz CT molecular complexity index is 102. The van der Waals surface area contributed by atoms with E-state index >= 15 is 0 Å². The van der Waals surface area contributed by atoms with Crippen molar-refractivity contribution in [3.05, 3.63) is 0 Å². The zero-order valence-corrected chi connectivity index (χ0v) is 4.96. The molecule has 0 spiro atoms. The molecule has 0 atom stereocenters. The van der Waals surface area contributed by atoms with Crippen molar-refractivity contribution in [2.45, 2.75) is 6.42 Å². The van der Waals surface area contributed by atoms with Crippen LogP contribution in [0.4, 0.5) is 0 Å². The Kier molecular flexibility index (Phi) is 4.72. The SMILES string of the molecule is N=CC(=O)OCCCO. The zero-order chi connectivity index (χ0) is 7.11. The fraction of sp³-hybridized carbons (Fsp3) is 0.600. The summed E-state index contributed by atoms with van der Waals surface area (Å²) in [6.07, 6.45) is 1.02. The second kappa shape index (κ2) is 5.24. The van der Waals surface area contributed by atoms with Crippen LogP contribution in [0.3, 0.4) is 0 Å². The first-order chi connectivity index (χ1) is 4.31. The van der Waals surface area contributed by atoms with Crippen LogP contribution in [0.25, 0.3) is 0 Å². The number of rotatable bonds is 4. The van der Waals surface area contributed by atoms with Gasteiger partial charge < -0.3 is 15.3 Å². The van der Waals surface area contributed by atoms with Crippen LogP contribution in [0.2, 0.25) is 0 Å². The minimum Gasteiger partial charge on any atom is -0.461 e. The van der Waals surface area contributed by atoms with Crippen molar-refractivity contribution in [3.8, 4) is 0 Å². The normalized spacial score (nSPS) is 8.56. The molecule has 0 aromatic rings. The topological polar surface area (TPSA) is 70.4 Å². The minimum absolute atomic E-state index is 0.00524. The van der Waals surface area contributed by atoms with Crippen LogP contribution in [0.1, 0.15) is 6.42 Å². The van der Waals surface area contributed by atoms with Gasteiger partial charge in [0.15, 0.2) is 0 Å². The Morgan fingerprint density at radius 1 is 1.78 bits per heavy atom. The lowest BCUT2D eigenvalue weighted by molar-refractivity contribution is -0.135. The van der Waals surface area contributed by atoms with Crippen molar-refractivity contribution in [1.29, 1.82) is 5.41 Å². The van der Waals surface area contributed by atoms with Crippen molar-refractivity contribution in [2.75, 3.05) is 13.2 Å². The van der Waals surface area contributed by atoms with Gasteiger partial charge in [-0.1, -0.05) is 0 Å². The van der Waals surface area contributed by atoms with Gasteiger partial charge in [0.1, 0.15) is 6.21 Å². The van der Waals surface area contributed by atoms with Crippen LogP contribution in [0, 0.1) is 5.41 Å². The van der Waals surface area contributed by atoms with Crippen molar-refractivity contribution in [3.63, 3.8) is 0 Å². The summed E-state index contributed by atoms with van der Waals surface area (Å²) in [6.45, 7) is 0.190. The van der Waals surface area contributed by atoms with Crippen LogP contribution >= 0.6 is 0 Å². The summed E-state index contributed by atoms with van der Waals surface area (Å²) in [5, 5.41) is 14.6.